The van der Waals surface area contributed by atoms with Gasteiger partial charge in [0.2, 0.25) is 0 Å². The summed E-state index contributed by atoms with van der Waals surface area (Å²) in [6.45, 7) is 0. The van der Waals surface area contributed by atoms with E-state index in [2.05, 4.69) is 253 Å². The number of benzene rings is 14. The highest BCUT2D eigenvalue weighted by molar-refractivity contribution is 6.33. The average Bonchev–Trinajstić information content (AvgIpc) is 3.76. The number of nitrogens with zero attached hydrogens (tertiary/aromatic N) is 1. The lowest BCUT2D eigenvalue weighted by molar-refractivity contribution is 1.18. The summed E-state index contributed by atoms with van der Waals surface area (Å²) in [7, 11) is 0. The van der Waals surface area contributed by atoms with E-state index in [1.807, 2.05) is 0 Å². The molecule has 0 saturated heterocycles. The molecule has 0 unspecified atom stereocenters. The van der Waals surface area contributed by atoms with E-state index in [1.165, 1.54) is 142 Å². The Labute approximate surface area is 398 Å². The molecule has 1 aromatic heterocycles. The second-order valence-electron chi connectivity index (χ2n) is 18.7. The van der Waals surface area contributed by atoms with E-state index in [1.54, 1.807) is 0 Å². The zero-order valence-electron chi connectivity index (χ0n) is 37.6. The molecule has 0 fully saturated rings. The van der Waals surface area contributed by atoms with Crippen LogP contribution in [0.15, 0.2) is 249 Å². The van der Waals surface area contributed by atoms with Crippen LogP contribution in [0.1, 0.15) is 0 Å². The molecule has 0 atom stereocenters. The minimum Gasteiger partial charge on any atom is -0.309 e. The predicted octanol–water partition coefficient (Wildman–Crippen LogP) is 19.0. The first kappa shape index (κ1) is 38.1. The molecule has 0 aliphatic carbocycles. The van der Waals surface area contributed by atoms with Gasteiger partial charge in [-0.1, -0.05) is 212 Å². The number of para-hydroxylation sites is 1. The fraction of sp³-hybridized carbons (Fsp3) is 0. The molecule has 15 rings (SSSR count). The molecule has 69 heavy (non-hydrogen) atoms. The van der Waals surface area contributed by atoms with Gasteiger partial charge in [-0.2, -0.15) is 0 Å². The molecule has 318 valence electrons. The first-order valence-electron chi connectivity index (χ1n) is 24.0. The summed E-state index contributed by atoms with van der Waals surface area (Å²) in [5.74, 6) is 0. The van der Waals surface area contributed by atoms with Gasteiger partial charge < -0.3 is 4.57 Å². The Bertz CT molecular complexity index is 4200. The van der Waals surface area contributed by atoms with Crippen LogP contribution < -0.4 is 0 Å². The molecule has 15 aromatic rings. The van der Waals surface area contributed by atoms with Crippen molar-refractivity contribution in [2.75, 3.05) is 0 Å². The summed E-state index contributed by atoms with van der Waals surface area (Å²) in [5, 5.41) is 20.2. The molecule has 0 spiro atoms. The minimum absolute atomic E-state index is 1.16. The molecule has 1 nitrogen and oxygen atoms in total. The second kappa shape index (κ2) is 14.7. The van der Waals surface area contributed by atoms with E-state index < -0.39 is 0 Å². The van der Waals surface area contributed by atoms with Crippen molar-refractivity contribution in [3.8, 4) is 50.2 Å². The van der Waals surface area contributed by atoms with Crippen LogP contribution in [0, 0.1) is 0 Å². The van der Waals surface area contributed by atoms with Crippen LogP contribution in [-0.4, -0.2) is 4.57 Å². The van der Waals surface area contributed by atoms with E-state index in [-0.39, 0.29) is 0 Å². The van der Waals surface area contributed by atoms with E-state index in [0.29, 0.717) is 0 Å². The van der Waals surface area contributed by atoms with Crippen LogP contribution >= 0.6 is 0 Å². The molecule has 0 aliphatic heterocycles. The fourth-order valence-electron chi connectivity index (χ4n) is 12.2. The summed E-state index contributed by atoms with van der Waals surface area (Å²) < 4.78 is 2.48. The van der Waals surface area contributed by atoms with Crippen LogP contribution in [0.4, 0.5) is 0 Å². The zero-order chi connectivity index (χ0) is 45.2. The van der Waals surface area contributed by atoms with E-state index in [4.69, 9.17) is 0 Å². The third kappa shape index (κ3) is 5.53. The molecule has 0 aliphatic rings. The first-order valence-corrected chi connectivity index (χ1v) is 24.0. The van der Waals surface area contributed by atoms with Crippen molar-refractivity contribution in [1.29, 1.82) is 0 Å². The number of rotatable bonds is 5. The lowest BCUT2D eigenvalue weighted by atomic mass is 9.82. The van der Waals surface area contributed by atoms with Gasteiger partial charge in [-0.3, -0.25) is 0 Å². The molecule has 0 radical (unpaired) electrons. The van der Waals surface area contributed by atoms with Gasteiger partial charge in [-0.05, 0) is 156 Å². The number of hydrogen-bond donors (Lipinski definition) is 0. The minimum atomic E-state index is 1.16. The molecular formula is C68H41N. The third-order valence-corrected chi connectivity index (χ3v) is 15.1. The third-order valence-electron chi connectivity index (χ3n) is 15.1. The van der Waals surface area contributed by atoms with E-state index in [0.717, 1.165) is 5.69 Å². The lowest BCUT2D eigenvalue weighted by Crippen LogP contribution is -1.94. The van der Waals surface area contributed by atoms with Crippen LogP contribution in [0.5, 0.6) is 0 Å². The van der Waals surface area contributed by atoms with Crippen LogP contribution in [-0.2, 0) is 0 Å². The number of hydrogen-bond acceptors (Lipinski definition) is 0. The van der Waals surface area contributed by atoms with Crippen molar-refractivity contribution in [3.05, 3.63) is 249 Å². The largest absolute Gasteiger partial charge is 0.309 e. The van der Waals surface area contributed by atoms with Crippen molar-refractivity contribution in [1.82, 2.24) is 4.57 Å². The van der Waals surface area contributed by atoms with Gasteiger partial charge in [0.15, 0.2) is 0 Å². The SMILES string of the molecule is c1ccc(-n2c3ccc(-c4c5ccccc5c(-c5ccc6ccccc6c5)c5ccccc45)c4ccc5c(-c6c7ccccc7c(-c7ccc8ccccc8c7)c7ccccc67)ccc2c5c43)cc1. The van der Waals surface area contributed by atoms with Crippen LogP contribution in [0.3, 0.4) is 0 Å². The van der Waals surface area contributed by atoms with Crippen molar-refractivity contribution >= 4 is 97.2 Å². The highest BCUT2D eigenvalue weighted by Gasteiger charge is 2.25. The Morgan fingerprint density at radius 1 is 0.217 bits per heavy atom. The van der Waals surface area contributed by atoms with Crippen LogP contribution in [0.2, 0.25) is 0 Å². The zero-order valence-corrected chi connectivity index (χ0v) is 37.6. The number of aromatic nitrogens is 1. The Hall–Kier alpha value is -9.04. The van der Waals surface area contributed by atoms with Gasteiger partial charge in [0, 0.05) is 16.5 Å². The average molecular weight is 872 g/mol. The molecule has 0 saturated carbocycles. The van der Waals surface area contributed by atoms with Gasteiger partial charge in [-0.25, -0.2) is 0 Å². The standard InChI is InChI=1S/C68H41N/c1-2-20-48(21-3-1)69-61-38-36-57(65-53-26-12-8-22-49(53)63(50-23-9-13-27-54(50)65)46-32-30-42-16-4-6-18-44(42)40-46)59-34-35-60-58(37-39-62(69)68(60)67(59)61)66-55-28-14-10-24-51(55)64(52-25-11-15-29-56(52)66)47-33-31-43-17-5-7-19-45(43)41-47/h1-41H. The molecular weight excluding hydrogens is 831 g/mol. The number of fused-ring (bicyclic) bond motifs is 6. The van der Waals surface area contributed by atoms with Gasteiger partial charge in [0.05, 0.1) is 11.0 Å². The lowest BCUT2D eigenvalue weighted by Gasteiger charge is -2.20. The molecule has 1 heteroatoms. The van der Waals surface area contributed by atoms with E-state index in [9.17, 15) is 0 Å². The summed E-state index contributed by atoms with van der Waals surface area (Å²) in [6, 6.07) is 92.7. The molecule has 0 amide bonds. The summed E-state index contributed by atoms with van der Waals surface area (Å²) in [6.07, 6.45) is 0. The summed E-state index contributed by atoms with van der Waals surface area (Å²) >= 11 is 0. The maximum absolute atomic E-state index is 2.48. The topological polar surface area (TPSA) is 4.93 Å². The molecule has 14 aromatic carbocycles. The quantitative estimate of drug-likeness (QED) is 0.120. The maximum atomic E-state index is 2.48. The second-order valence-corrected chi connectivity index (χ2v) is 18.7. The van der Waals surface area contributed by atoms with Gasteiger partial charge in [0.25, 0.3) is 0 Å². The predicted molar refractivity (Wildman–Crippen MR) is 296 cm³/mol. The van der Waals surface area contributed by atoms with Crippen molar-refractivity contribution < 1.29 is 0 Å². The highest BCUT2D eigenvalue weighted by atomic mass is 15.0. The summed E-state index contributed by atoms with van der Waals surface area (Å²) in [5.41, 5.74) is 13.6. The van der Waals surface area contributed by atoms with Crippen molar-refractivity contribution in [2.45, 2.75) is 0 Å². The Balaban J connectivity index is 1.03. The van der Waals surface area contributed by atoms with Crippen molar-refractivity contribution in [2.24, 2.45) is 0 Å². The maximum Gasteiger partial charge on any atom is 0.0547 e. The van der Waals surface area contributed by atoms with E-state index >= 15 is 0 Å². The summed E-state index contributed by atoms with van der Waals surface area (Å²) in [4.78, 5) is 0. The van der Waals surface area contributed by atoms with Gasteiger partial charge >= 0.3 is 0 Å². The Morgan fingerprint density at radius 3 is 0.942 bits per heavy atom. The fourth-order valence-corrected chi connectivity index (χ4v) is 12.2. The van der Waals surface area contributed by atoms with Crippen LogP contribution in [0.25, 0.3) is 147 Å². The first-order chi connectivity index (χ1) is 34.3. The monoisotopic (exact) mass is 871 g/mol. The molecule has 1 heterocycles. The highest BCUT2D eigenvalue weighted by Crippen LogP contribution is 2.52. The molecule has 0 N–H and O–H groups in total. The van der Waals surface area contributed by atoms with Gasteiger partial charge in [0.1, 0.15) is 0 Å². The Morgan fingerprint density at radius 2 is 0.551 bits per heavy atom. The van der Waals surface area contributed by atoms with Crippen molar-refractivity contribution in [3.63, 3.8) is 0 Å². The molecule has 0 bridgehead atoms. The van der Waals surface area contributed by atoms with Gasteiger partial charge in [-0.15, -0.1) is 0 Å². The normalized spacial score (nSPS) is 12.1. The smallest absolute Gasteiger partial charge is 0.0547 e. The Kier molecular flexibility index (Phi) is 8.13.